The molecule has 0 aliphatic rings. The van der Waals surface area contributed by atoms with E-state index in [9.17, 15) is 9.59 Å². The van der Waals surface area contributed by atoms with Crippen LogP contribution in [0.15, 0.2) is 60.7 Å². The van der Waals surface area contributed by atoms with Crippen LogP contribution >= 0.6 is 0 Å². The van der Waals surface area contributed by atoms with Crippen molar-refractivity contribution in [2.45, 2.75) is 12.8 Å². The minimum absolute atomic E-state index is 0.132. The summed E-state index contributed by atoms with van der Waals surface area (Å²) in [6.07, 6.45) is 0.814. The van der Waals surface area contributed by atoms with Crippen LogP contribution in [0, 0.1) is 0 Å². The van der Waals surface area contributed by atoms with Crippen LogP contribution in [0.5, 0.6) is 5.75 Å². The maximum absolute atomic E-state index is 11.8. The topological polar surface area (TPSA) is 55.4 Å². The number of carbonyl (C=O) groups excluding carboxylic acids is 2. The van der Waals surface area contributed by atoms with Crippen molar-refractivity contribution in [3.63, 3.8) is 0 Å². The van der Waals surface area contributed by atoms with E-state index in [1.807, 2.05) is 36.4 Å². The summed E-state index contributed by atoms with van der Waals surface area (Å²) >= 11 is 0. The van der Waals surface area contributed by atoms with E-state index < -0.39 is 0 Å². The lowest BCUT2D eigenvalue weighted by atomic mass is 10.2. The van der Waals surface area contributed by atoms with E-state index in [0.29, 0.717) is 24.3 Å². The molecule has 0 heterocycles. The summed E-state index contributed by atoms with van der Waals surface area (Å²) in [5, 5.41) is 2.77. The number of carbonyl (C=O) groups is 2. The van der Waals surface area contributed by atoms with Gasteiger partial charge in [-0.15, -0.1) is 0 Å². The fourth-order valence-electron chi connectivity index (χ4n) is 1.80. The SMILES string of the molecule is O=C(CCCNC(=O)c1ccccc1)Oc1ccccc1. The highest BCUT2D eigenvalue weighted by Crippen LogP contribution is 2.09. The van der Waals surface area contributed by atoms with E-state index >= 15 is 0 Å². The second-order valence-electron chi connectivity index (χ2n) is 4.51. The van der Waals surface area contributed by atoms with E-state index in [1.54, 1.807) is 24.3 Å². The number of amides is 1. The molecule has 0 aromatic heterocycles. The second kappa shape index (κ2) is 7.85. The van der Waals surface area contributed by atoms with E-state index in [-0.39, 0.29) is 18.3 Å². The van der Waals surface area contributed by atoms with Crippen LogP contribution in [0.1, 0.15) is 23.2 Å². The van der Waals surface area contributed by atoms with Crippen molar-refractivity contribution in [3.05, 3.63) is 66.2 Å². The molecule has 0 unspecified atom stereocenters. The van der Waals surface area contributed by atoms with Crippen molar-refractivity contribution in [1.82, 2.24) is 5.32 Å². The maximum Gasteiger partial charge on any atom is 0.311 e. The Kier molecular flexibility index (Phi) is 5.52. The molecule has 2 rings (SSSR count). The van der Waals surface area contributed by atoms with Crippen LogP contribution in [-0.4, -0.2) is 18.4 Å². The van der Waals surface area contributed by atoms with Crippen molar-refractivity contribution in [2.75, 3.05) is 6.54 Å². The lowest BCUT2D eigenvalue weighted by Gasteiger charge is -2.06. The van der Waals surface area contributed by atoms with Crippen LogP contribution in [-0.2, 0) is 4.79 Å². The molecule has 0 radical (unpaired) electrons. The smallest absolute Gasteiger partial charge is 0.311 e. The second-order valence-corrected chi connectivity index (χ2v) is 4.51. The zero-order chi connectivity index (χ0) is 14.9. The van der Waals surface area contributed by atoms with Crippen molar-refractivity contribution in [2.24, 2.45) is 0 Å². The molecular formula is C17H17NO3. The average molecular weight is 283 g/mol. The first kappa shape index (κ1) is 14.8. The summed E-state index contributed by atoms with van der Waals surface area (Å²) < 4.78 is 5.15. The third-order valence-electron chi connectivity index (χ3n) is 2.85. The van der Waals surface area contributed by atoms with Crippen molar-refractivity contribution < 1.29 is 14.3 Å². The summed E-state index contributed by atoms with van der Waals surface area (Å²) in [5.41, 5.74) is 0.615. The highest BCUT2D eigenvalue weighted by Gasteiger charge is 2.06. The molecule has 21 heavy (non-hydrogen) atoms. The highest BCUT2D eigenvalue weighted by atomic mass is 16.5. The summed E-state index contributed by atoms with van der Waals surface area (Å²) in [6.45, 7) is 0.442. The number of benzene rings is 2. The largest absolute Gasteiger partial charge is 0.427 e. The molecule has 0 aliphatic heterocycles. The molecule has 4 heteroatoms. The average Bonchev–Trinajstić information content (AvgIpc) is 2.53. The first-order valence-corrected chi connectivity index (χ1v) is 6.84. The molecule has 2 aromatic carbocycles. The number of hydrogen-bond donors (Lipinski definition) is 1. The minimum atomic E-state index is -0.296. The van der Waals surface area contributed by atoms with Gasteiger partial charge in [0.15, 0.2) is 0 Å². The number of ether oxygens (including phenoxy) is 1. The van der Waals surface area contributed by atoms with E-state index in [0.717, 1.165) is 0 Å². The molecule has 0 saturated heterocycles. The van der Waals surface area contributed by atoms with Gasteiger partial charge in [0.1, 0.15) is 5.75 Å². The number of hydrogen-bond acceptors (Lipinski definition) is 3. The lowest BCUT2D eigenvalue weighted by molar-refractivity contribution is -0.134. The number of para-hydroxylation sites is 1. The van der Waals surface area contributed by atoms with Crippen LogP contribution in [0.4, 0.5) is 0 Å². The monoisotopic (exact) mass is 283 g/mol. The van der Waals surface area contributed by atoms with Gasteiger partial charge >= 0.3 is 5.97 Å². The van der Waals surface area contributed by atoms with Gasteiger partial charge in [0.05, 0.1) is 0 Å². The predicted molar refractivity (Wildman–Crippen MR) is 80.1 cm³/mol. The molecule has 0 bridgehead atoms. The Morgan fingerprint density at radius 2 is 1.52 bits per heavy atom. The summed E-state index contributed by atoms with van der Waals surface area (Å²) in [7, 11) is 0. The lowest BCUT2D eigenvalue weighted by Crippen LogP contribution is -2.25. The number of rotatable bonds is 6. The van der Waals surface area contributed by atoms with Crippen LogP contribution in [0.3, 0.4) is 0 Å². The van der Waals surface area contributed by atoms with E-state index in [2.05, 4.69) is 5.32 Å². The molecule has 108 valence electrons. The number of esters is 1. The fourth-order valence-corrected chi connectivity index (χ4v) is 1.80. The van der Waals surface area contributed by atoms with Crippen molar-refractivity contribution >= 4 is 11.9 Å². The first-order valence-electron chi connectivity index (χ1n) is 6.84. The molecule has 0 aliphatic carbocycles. The van der Waals surface area contributed by atoms with Crippen molar-refractivity contribution in [3.8, 4) is 5.75 Å². The fraction of sp³-hybridized carbons (Fsp3) is 0.176. The Labute approximate surface area is 123 Å². The van der Waals surface area contributed by atoms with E-state index in [1.165, 1.54) is 0 Å². The minimum Gasteiger partial charge on any atom is -0.427 e. The number of nitrogens with one attached hydrogen (secondary N) is 1. The van der Waals surface area contributed by atoms with Crippen LogP contribution in [0.25, 0.3) is 0 Å². The van der Waals surface area contributed by atoms with Crippen molar-refractivity contribution in [1.29, 1.82) is 0 Å². The van der Waals surface area contributed by atoms with Gasteiger partial charge in [-0.25, -0.2) is 0 Å². The third-order valence-corrected chi connectivity index (χ3v) is 2.85. The van der Waals surface area contributed by atoms with Gasteiger partial charge in [-0.3, -0.25) is 9.59 Å². The molecule has 0 saturated carbocycles. The van der Waals surface area contributed by atoms with Gasteiger partial charge in [-0.2, -0.15) is 0 Å². The summed E-state index contributed by atoms with van der Waals surface area (Å²) in [6, 6.07) is 17.9. The predicted octanol–water partition coefficient (Wildman–Crippen LogP) is 2.80. The quantitative estimate of drug-likeness (QED) is 0.504. The van der Waals surface area contributed by atoms with E-state index in [4.69, 9.17) is 4.74 Å². The molecule has 1 N–H and O–H groups in total. The maximum atomic E-state index is 11.8. The Hall–Kier alpha value is -2.62. The normalized spacial score (nSPS) is 9.90. The molecule has 0 spiro atoms. The molecule has 4 nitrogen and oxygen atoms in total. The van der Waals surface area contributed by atoms with Crippen LogP contribution < -0.4 is 10.1 Å². The molecule has 1 amide bonds. The van der Waals surface area contributed by atoms with Gasteiger partial charge in [-0.05, 0) is 30.7 Å². The zero-order valence-electron chi connectivity index (χ0n) is 11.6. The molecule has 2 aromatic rings. The van der Waals surface area contributed by atoms with Gasteiger partial charge in [0.2, 0.25) is 0 Å². The van der Waals surface area contributed by atoms with Gasteiger partial charge in [0.25, 0.3) is 5.91 Å². The van der Waals surface area contributed by atoms with Crippen LogP contribution in [0.2, 0.25) is 0 Å². The van der Waals surface area contributed by atoms with Gasteiger partial charge in [0, 0.05) is 18.5 Å². The van der Waals surface area contributed by atoms with Gasteiger partial charge < -0.3 is 10.1 Å². The first-order chi connectivity index (χ1) is 10.3. The molecule has 0 fully saturated rings. The zero-order valence-corrected chi connectivity index (χ0v) is 11.6. The molecule has 0 atom stereocenters. The summed E-state index contributed by atoms with van der Waals surface area (Å²) in [4.78, 5) is 23.3. The standard InChI is InChI=1S/C17H17NO3/c19-16(21-15-10-5-2-6-11-15)12-7-13-18-17(20)14-8-3-1-4-9-14/h1-6,8-11H,7,12-13H2,(H,18,20). The Bertz CT molecular complexity index is 581. The Morgan fingerprint density at radius 3 is 2.19 bits per heavy atom. The summed E-state index contributed by atoms with van der Waals surface area (Å²) in [5.74, 6) is 0.109. The Balaban J connectivity index is 1.66. The highest BCUT2D eigenvalue weighted by molar-refractivity contribution is 5.94. The molecular weight excluding hydrogens is 266 g/mol. The Morgan fingerprint density at radius 1 is 0.905 bits per heavy atom. The third kappa shape index (κ3) is 5.10. The van der Waals surface area contributed by atoms with Gasteiger partial charge in [-0.1, -0.05) is 36.4 Å².